The summed E-state index contributed by atoms with van der Waals surface area (Å²) < 4.78 is 11.2. The molecule has 0 bridgehead atoms. The van der Waals surface area contributed by atoms with Crippen molar-refractivity contribution in [3.05, 3.63) is 63.3 Å². The van der Waals surface area contributed by atoms with Crippen LogP contribution in [-0.2, 0) is 6.42 Å². The van der Waals surface area contributed by atoms with Crippen molar-refractivity contribution in [1.82, 2.24) is 0 Å². The summed E-state index contributed by atoms with van der Waals surface area (Å²) in [6.07, 6.45) is 0.858. The number of rotatable bonds is 3. The maximum Gasteiger partial charge on any atom is 0.235 e. The van der Waals surface area contributed by atoms with Gasteiger partial charge in [0.1, 0.15) is 5.58 Å². The van der Waals surface area contributed by atoms with Crippen molar-refractivity contribution in [1.29, 1.82) is 0 Å². The highest BCUT2D eigenvalue weighted by Gasteiger charge is 2.17. The van der Waals surface area contributed by atoms with Gasteiger partial charge in [0.25, 0.3) is 0 Å². The zero-order valence-electron chi connectivity index (χ0n) is 12.4. The van der Waals surface area contributed by atoms with Gasteiger partial charge in [-0.3, -0.25) is 4.79 Å². The monoisotopic (exact) mass is 314 g/mol. The molecule has 0 aliphatic rings. The van der Waals surface area contributed by atoms with Crippen LogP contribution in [0.5, 0.6) is 5.75 Å². The van der Waals surface area contributed by atoms with Gasteiger partial charge < -0.3 is 9.15 Å². The van der Waals surface area contributed by atoms with E-state index in [1.54, 1.807) is 24.3 Å². The molecule has 3 aromatic rings. The van der Waals surface area contributed by atoms with E-state index in [-0.39, 0.29) is 11.2 Å². The fourth-order valence-corrected chi connectivity index (χ4v) is 2.55. The van der Waals surface area contributed by atoms with Crippen molar-refractivity contribution in [2.45, 2.75) is 13.3 Å². The highest BCUT2D eigenvalue weighted by atomic mass is 35.5. The van der Waals surface area contributed by atoms with Crippen molar-refractivity contribution in [2.24, 2.45) is 0 Å². The molecule has 2 aromatic carbocycles. The summed E-state index contributed by atoms with van der Waals surface area (Å²) in [6.45, 7) is 2.04. The molecule has 0 radical (unpaired) electrons. The van der Waals surface area contributed by atoms with Crippen LogP contribution < -0.4 is 10.2 Å². The Labute approximate surface area is 133 Å². The largest absolute Gasteiger partial charge is 0.490 e. The minimum absolute atomic E-state index is 0.163. The van der Waals surface area contributed by atoms with Gasteiger partial charge in [0, 0.05) is 10.6 Å². The molecule has 112 valence electrons. The second kappa shape index (κ2) is 5.85. The molecule has 4 heteroatoms. The van der Waals surface area contributed by atoms with Gasteiger partial charge in [0.2, 0.25) is 11.2 Å². The van der Waals surface area contributed by atoms with Crippen molar-refractivity contribution < 1.29 is 9.15 Å². The first kappa shape index (κ1) is 14.7. The number of benzene rings is 2. The van der Waals surface area contributed by atoms with Crippen molar-refractivity contribution in [3.63, 3.8) is 0 Å². The second-order valence-corrected chi connectivity index (χ2v) is 5.42. The Morgan fingerprint density at radius 3 is 2.50 bits per heavy atom. The smallest absolute Gasteiger partial charge is 0.235 e. The molecule has 1 heterocycles. The van der Waals surface area contributed by atoms with E-state index in [0.29, 0.717) is 21.8 Å². The number of fused-ring (bicyclic) bond motifs is 1. The Morgan fingerprint density at radius 1 is 1.14 bits per heavy atom. The fraction of sp³-hybridized carbons (Fsp3) is 0.167. The Balaban J connectivity index is 2.31. The maximum atomic E-state index is 12.7. The molecule has 1 aromatic heterocycles. The quantitative estimate of drug-likeness (QED) is 0.704. The van der Waals surface area contributed by atoms with Crippen LogP contribution in [0.25, 0.3) is 22.3 Å². The lowest BCUT2D eigenvalue weighted by atomic mass is 10.1. The fourth-order valence-electron chi connectivity index (χ4n) is 2.42. The third-order valence-electron chi connectivity index (χ3n) is 3.63. The average Bonchev–Trinajstić information content (AvgIpc) is 2.55. The number of ether oxygens (including phenoxy) is 1. The van der Waals surface area contributed by atoms with Crippen LogP contribution in [0, 0.1) is 0 Å². The summed E-state index contributed by atoms with van der Waals surface area (Å²) >= 11 is 5.91. The minimum Gasteiger partial charge on any atom is -0.490 e. The van der Waals surface area contributed by atoms with Gasteiger partial charge >= 0.3 is 0 Å². The number of methoxy groups -OCH3 is 1. The molecule has 0 saturated heterocycles. The van der Waals surface area contributed by atoms with Gasteiger partial charge in [0.05, 0.1) is 12.5 Å². The first-order chi connectivity index (χ1) is 10.6. The molecule has 0 spiro atoms. The van der Waals surface area contributed by atoms with E-state index >= 15 is 0 Å². The van der Waals surface area contributed by atoms with Crippen LogP contribution in [0.15, 0.2) is 51.7 Å². The van der Waals surface area contributed by atoms with E-state index in [1.807, 2.05) is 25.1 Å². The predicted molar refractivity (Wildman–Crippen MR) is 88.9 cm³/mol. The zero-order valence-corrected chi connectivity index (χ0v) is 13.1. The lowest BCUT2D eigenvalue weighted by molar-refractivity contribution is 0.398. The average molecular weight is 315 g/mol. The molecule has 0 atom stereocenters. The van der Waals surface area contributed by atoms with E-state index in [2.05, 4.69) is 0 Å². The van der Waals surface area contributed by atoms with Gasteiger partial charge in [-0.15, -0.1) is 0 Å². The number of halogens is 1. The molecule has 0 aliphatic heterocycles. The van der Waals surface area contributed by atoms with E-state index in [1.165, 1.54) is 7.11 Å². The molecular weight excluding hydrogens is 300 g/mol. The molecule has 0 unspecified atom stereocenters. The Kier molecular flexibility index (Phi) is 3.90. The summed E-state index contributed by atoms with van der Waals surface area (Å²) in [7, 11) is 1.47. The van der Waals surface area contributed by atoms with Crippen LogP contribution in [0.4, 0.5) is 0 Å². The van der Waals surface area contributed by atoms with Crippen LogP contribution in [0.3, 0.4) is 0 Å². The molecule has 0 amide bonds. The normalized spacial score (nSPS) is 10.9. The number of hydrogen-bond donors (Lipinski definition) is 0. The van der Waals surface area contributed by atoms with Gasteiger partial charge in [0.15, 0.2) is 5.76 Å². The summed E-state index contributed by atoms with van der Waals surface area (Å²) in [6, 6.07) is 12.7. The lowest BCUT2D eigenvalue weighted by Crippen LogP contribution is -2.08. The number of aryl methyl sites for hydroxylation is 1. The summed E-state index contributed by atoms with van der Waals surface area (Å²) in [4.78, 5) is 12.7. The third-order valence-corrected chi connectivity index (χ3v) is 3.88. The Hall–Kier alpha value is -2.26. The molecule has 0 fully saturated rings. The van der Waals surface area contributed by atoms with E-state index < -0.39 is 0 Å². The lowest BCUT2D eigenvalue weighted by Gasteiger charge is -2.09. The Morgan fingerprint density at radius 2 is 1.86 bits per heavy atom. The number of hydrogen-bond acceptors (Lipinski definition) is 3. The predicted octanol–water partition coefficient (Wildman–Crippen LogP) is 4.68. The Bertz CT molecular complexity index is 879. The SMILES string of the molecule is CCc1ccc2oc(-c3ccc(Cl)cc3)c(OC)c(=O)c2c1. The molecule has 22 heavy (non-hydrogen) atoms. The van der Waals surface area contributed by atoms with Crippen LogP contribution in [0.1, 0.15) is 12.5 Å². The molecule has 3 nitrogen and oxygen atoms in total. The van der Waals surface area contributed by atoms with Gasteiger partial charge in [-0.05, 0) is 48.4 Å². The van der Waals surface area contributed by atoms with Crippen LogP contribution in [0.2, 0.25) is 5.02 Å². The van der Waals surface area contributed by atoms with Gasteiger partial charge in [-0.1, -0.05) is 24.6 Å². The van der Waals surface area contributed by atoms with E-state index in [9.17, 15) is 4.79 Å². The van der Waals surface area contributed by atoms with Crippen molar-refractivity contribution >= 4 is 22.6 Å². The topological polar surface area (TPSA) is 39.4 Å². The van der Waals surface area contributed by atoms with Crippen molar-refractivity contribution in [3.8, 4) is 17.1 Å². The summed E-state index contributed by atoms with van der Waals surface area (Å²) in [5.74, 6) is 0.629. The maximum absolute atomic E-state index is 12.7. The standard InChI is InChI=1S/C18H15ClO3/c1-3-11-4-9-15-14(10-11)16(20)18(21-2)17(22-15)12-5-7-13(19)8-6-12/h4-10H,3H2,1-2H3. The first-order valence-corrected chi connectivity index (χ1v) is 7.41. The molecule has 3 rings (SSSR count). The first-order valence-electron chi connectivity index (χ1n) is 7.03. The zero-order chi connectivity index (χ0) is 15.7. The summed E-state index contributed by atoms with van der Waals surface area (Å²) in [5.41, 5.74) is 2.22. The van der Waals surface area contributed by atoms with Crippen LogP contribution in [-0.4, -0.2) is 7.11 Å². The van der Waals surface area contributed by atoms with Crippen molar-refractivity contribution in [2.75, 3.05) is 7.11 Å². The van der Waals surface area contributed by atoms with Crippen LogP contribution >= 0.6 is 11.6 Å². The third kappa shape index (κ3) is 2.48. The van der Waals surface area contributed by atoms with E-state index in [4.69, 9.17) is 20.8 Å². The highest BCUT2D eigenvalue weighted by Crippen LogP contribution is 2.31. The highest BCUT2D eigenvalue weighted by molar-refractivity contribution is 6.30. The molecule has 0 saturated carbocycles. The van der Waals surface area contributed by atoms with E-state index in [0.717, 1.165) is 17.5 Å². The van der Waals surface area contributed by atoms with Gasteiger partial charge in [-0.25, -0.2) is 0 Å². The molecule has 0 aliphatic carbocycles. The minimum atomic E-state index is -0.163. The second-order valence-electron chi connectivity index (χ2n) is 4.98. The molecular formula is C18H15ClO3. The summed E-state index contributed by atoms with van der Waals surface area (Å²) in [5, 5.41) is 1.16. The molecule has 0 N–H and O–H groups in total. The van der Waals surface area contributed by atoms with Gasteiger partial charge in [-0.2, -0.15) is 0 Å².